The van der Waals surface area contributed by atoms with Crippen molar-refractivity contribution in [1.82, 2.24) is 10.6 Å². The van der Waals surface area contributed by atoms with Crippen LogP contribution in [-0.4, -0.2) is 39.4 Å². The predicted molar refractivity (Wildman–Crippen MR) is 45.2 cm³/mol. The first-order valence-corrected chi connectivity index (χ1v) is 5.13. The first kappa shape index (κ1) is 10.0. The predicted octanol–water partition coefficient (Wildman–Crippen LogP) is -0.130. The fraction of sp³-hybridized carbons (Fsp3) is 1.00. The van der Waals surface area contributed by atoms with Gasteiger partial charge in [-0.05, 0) is 0 Å². The molecule has 2 saturated heterocycles. The summed E-state index contributed by atoms with van der Waals surface area (Å²) >= 11 is 0. The van der Waals surface area contributed by atoms with E-state index in [0.29, 0.717) is 13.2 Å². The zero-order chi connectivity index (χ0) is 8.65. The molecule has 0 bridgehead atoms. The molecule has 0 radical (unpaired) electrons. The Balaban J connectivity index is 0.000000120. The number of piperazine rings is 1. The van der Waals surface area contributed by atoms with Gasteiger partial charge in [0.1, 0.15) is 13.2 Å². The van der Waals surface area contributed by atoms with Gasteiger partial charge >= 0.3 is 8.25 Å². The average Bonchev–Trinajstić information content (AvgIpc) is 2.60. The normalized spacial score (nSPS) is 23.2. The van der Waals surface area contributed by atoms with Crippen molar-refractivity contribution in [2.24, 2.45) is 0 Å². The van der Waals surface area contributed by atoms with E-state index in [9.17, 15) is 4.57 Å². The van der Waals surface area contributed by atoms with E-state index >= 15 is 0 Å². The smallest absolute Gasteiger partial charge is 0.314 e. The van der Waals surface area contributed by atoms with E-state index in [-0.39, 0.29) is 0 Å². The highest BCUT2D eigenvalue weighted by atomic mass is 31.1. The van der Waals surface area contributed by atoms with E-state index in [1.165, 1.54) is 0 Å². The molecule has 0 unspecified atom stereocenters. The molecule has 2 rings (SSSR count). The lowest BCUT2D eigenvalue weighted by atomic mass is 10.4. The molecule has 70 valence electrons. The minimum atomic E-state index is -1.72. The minimum Gasteiger partial charge on any atom is -0.314 e. The second-order valence-corrected chi connectivity index (χ2v) is 3.35. The highest BCUT2D eigenvalue weighted by molar-refractivity contribution is 7.33. The van der Waals surface area contributed by atoms with Crippen molar-refractivity contribution in [3.05, 3.63) is 0 Å². The molecule has 2 fully saturated rings. The van der Waals surface area contributed by atoms with Gasteiger partial charge in [0.2, 0.25) is 0 Å². The first-order chi connectivity index (χ1) is 5.89. The van der Waals surface area contributed by atoms with Crippen molar-refractivity contribution in [2.75, 3.05) is 39.4 Å². The third-order valence-corrected chi connectivity index (χ3v) is 2.22. The average molecular weight is 193 g/mol. The highest BCUT2D eigenvalue weighted by Gasteiger charge is 2.26. The van der Waals surface area contributed by atoms with Crippen LogP contribution < -0.4 is 10.6 Å². The monoisotopic (exact) mass is 193 g/mol. The van der Waals surface area contributed by atoms with Crippen molar-refractivity contribution in [3.63, 3.8) is 0 Å². The van der Waals surface area contributed by atoms with E-state index in [0.717, 1.165) is 26.2 Å². The van der Waals surface area contributed by atoms with E-state index < -0.39 is 8.25 Å². The van der Waals surface area contributed by atoms with Crippen LogP contribution in [0.2, 0.25) is 0 Å². The standard InChI is InChI=1S/C4H10N2.C2H4O3P/c1-2-6-4-3-5-1;3-6-4-1-2-5-6/h5-6H,1-4H2;1-2H2/q;+1. The molecule has 0 amide bonds. The SMILES string of the molecule is C1CNCCN1.O=[P+]1OCCO1. The zero-order valence-corrected chi connectivity index (χ0v) is 7.81. The van der Waals surface area contributed by atoms with Crippen molar-refractivity contribution in [1.29, 1.82) is 0 Å². The Morgan fingerprint density at radius 2 is 1.33 bits per heavy atom. The van der Waals surface area contributed by atoms with E-state index in [2.05, 4.69) is 19.7 Å². The van der Waals surface area contributed by atoms with Gasteiger partial charge in [-0.15, -0.1) is 9.05 Å². The van der Waals surface area contributed by atoms with Crippen molar-refractivity contribution in [2.45, 2.75) is 0 Å². The summed E-state index contributed by atoms with van der Waals surface area (Å²) in [6.45, 7) is 5.52. The van der Waals surface area contributed by atoms with Crippen LogP contribution >= 0.6 is 8.25 Å². The van der Waals surface area contributed by atoms with Gasteiger partial charge in [0.25, 0.3) is 0 Å². The van der Waals surface area contributed by atoms with Crippen LogP contribution in [0.15, 0.2) is 0 Å². The lowest BCUT2D eigenvalue weighted by molar-refractivity contribution is 0.365. The minimum absolute atomic E-state index is 0.481. The molecule has 0 aromatic carbocycles. The molecule has 0 saturated carbocycles. The van der Waals surface area contributed by atoms with E-state index in [4.69, 9.17) is 0 Å². The van der Waals surface area contributed by atoms with Crippen LogP contribution in [0, 0.1) is 0 Å². The number of nitrogens with one attached hydrogen (secondary N) is 2. The lowest BCUT2D eigenvalue weighted by Gasteiger charge is -2.11. The van der Waals surface area contributed by atoms with Crippen LogP contribution in [0.3, 0.4) is 0 Å². The van der Waals surface area contributed by atoms with E-state index in [1.54, 1.807) is 0 Å². The molecule has 0 aromatic heterocycles. The largest absolute Gasteiger partial charge is 0.697 e. The van der Waals surface area contributed by atoms with Crippen LogP contribution in [0.25, 0.3) is 0 Å². The maximum Gasteiger partial charge on any atom is 0.697 e. The molecule has 2 aliphatic heterocycles. The summed E-state index contributed by atoms with van der Waals surface area (Å²) in [6.07, 6.45) is 0. The topological polar surface area (TPSA) is 59.6 Å². The Kier molecular flexibility index (Phi) is 5.39. The van der Waals surface area contributed by atoms with Gasteiger partial charge in [0.15, 0.2) is 0 Å². The quantitative estimate of drug-likeness (QED) is 0.525. The first-order valence-electron chi connectivity index (χ1n) is 4.04. The molecule has 6 heteroatoms. The van der Waals surface area contributed by atoms with E-state index in [1.807, 2.05) is 0 Å². The third-order valence-electron chi connectivity index (χ3n) is 1.43. The van der Waals surface area contributed by atoms with Crippen LogP contribution in [0.5, 0.6) is 0 Å². The summed E-state index contributed by atoms with van der Waals surface area (Å²) in [5, 5.41) is 6.44. The van der Waals surface area contributed by atoms with Crippen molar-refractivity contribution >= 4 is 8.25 Å². The highest BCUT2D eigenvalue weighted by Crippen LogP contribution is 2.27. The van der Waals surface area contributed by atoms with Gasteiger partial charge < -0.3 is 10.6 Å². The van der Waals surface area contributed by atoms with Crippen molar-refractivity contribution in [3.8, 4) is 0 Å². The Hall–Kier alpha value is -0.0600. The van der Waals surface area contributed by atoms with Gasteiger partial charge in [-0.1, -0.05) is 0 Å². The maximum absolute atomic E-state index is 9.95. The van der Waals surface area contributed by atoms with Gasteiger partial charge in [-0.25, -0.2) is 0 Å². The van der Waals surface area contributed by atoms with Crippen LogP contribution in [0.1, 0.15) is 0 Å². The summed E-state index contributed by atoms with van der Waals surface area (Å²) in [5.41, 5.74) is 0. The molecule has 5 nitrogen and oxygen atoms in total. The molecule has 2 heterocycles. The van der Waals surface area contributed by atoms with Crippen molar-refractivity contribution < 1.29 is 13.6 Å². The second-order valence-electron chi connectivity index (χ2n) is 2.39. The summed E-state index contributed by atoms with van der Waals surface area (Å²) in [7, 11) is -1.72. The molecular weight excluding hydrogens is 179 g/mol. The fourth-order valence-corrected chi connectivity index (χ4v) is 1.39. The Morgan fingerprint density at radius 3 is 1.50 bits per heavy atom. The molecule has 0 atom stereocenters. The lowest BCUT2D eigenvalue weighted by Crippen LogP contribution is -2.39. The fourth-order valence-electron chi connectivity index (χ4n) is 0.864. The molecule has 0 aliphatic carbocycles. The number of hydrogen-bond acceptors (Lipinski definition) is 5. The van der Waals surface area contributed by atoms with Gasteiger partial charge in [-0.2, -0.15) is 0 Å². The Morgan fingerprint density at radius 1 is 0.917 bits per heavy atom. The van der Waals surface area contributed by atoms with Crippen LogP contribution in [-0.2, 0) is 13.6 Å². The molecule has 12 heavy (non-hydrogen) atoms. The van der Waals surface area contributed by atoms with Gasteiger partial charge in [0.05, 0.1) is 0 Å². The third kappa shape index (κ3) is 4.74. The Bertz CT molecular complexity index is 121. The zero-order valence-electron chi connectivity index (χ0n) is 6.91. The van der Waals surface area contributed by atoms with Gasteiger partial charge in [-0.3, -0.25) is 0 Å². The summed E-state index contributed by atoms with van der Waals surface area (Å²) in [6, 6.07) is 0. The second kappa shape index (κ2) is 6.46. The number of hydrogen-bond donors (Lipinski definition) is 2. The number of rotatable bonds is 0. The summed E-state index contributed by atoms with van der Waals surface area (Å²) < 4.78 is 18.8. The van der Waals surface area contributed by atoms with Crippen LogP contribution in [0.4, 0.5) is 0 Å². The summed E-state index contributed by atoms with van der Waals surface area (Å²) in [4.78, 5) is 0. The molecular formula is C6H14N2O3P+. The van der Waals surface area contributed by atoms with Gasteiger partial charge in [0, 0.05) is 30.7 Å². The Labute approximate surface area is 72.8 Å². The molecule has 2 N–H and O–H groups in total. The summed E-state index contributed by atoms with van der Waals surface area (Å²) in [5.74, 6) is 0. The molecule has 2 aliphatic rings. The molecule has 0 spiro atoms. The maximum atomic E-state index is 9.95. The molecule has 0 aromatic rings.